The Labute approximate surface area is 83.1 Å². The average molecular weight is 187 g/mol. The number of hydrogen-bond donors (Lipinski definition) is 1. The third-order valence-corrected chi connectivity index (χ3v) is 1.80. The van der Waals surface area contributed by atoms with Crippen molar-refractivity contribution in [3.8, 4) is 0 Å². The van der Waals surface area contributed by atoms with Gasteiger partial charge in [-0.1, -0.05) is 27.2 Å². The van der Waals surface area contributed by atoms with E-state index >= 15 is 0 Å². The van der Waals surface area contributed by atoms with Gasteiger partial charge in [0.1, 0.15) is 0 Å². The Morgan fingerprint density at radius 2 is 1.85 bits per heavy atom. The van der Waals surface area contributed by atoms with Gasteiger partial charge in [-0.2, -0.15) is 0 Å². The monoisotopic (exact) mass is 187 g/mol. The minimum atomic E-state index is 0.660. The maximum atomic E-state index is 5.46. The molecule has 2 heteroatoms. The van der Waals surface area contributed by atoms with E-state index in [9.17, 15) is 0 Å². The quantitative estimate of drug-likeness (QED) is 0.560. The highest BCUT2D eigenvalue weighted by atomic mass is 16.5. The minimum absolute atomic E-state index is 0.660. The Bertz CT molecular complexity index is 94.1. The van der Waals surface area contributed by atoms with E-state index in [2.05, 4.69) is 26.1 Å². The molecule has 0 fully saturated rings. The fraction of sp³-hybridized carbons (Fsp3) is 1.00. The SMILES string of the molecule is CCCCNCCCOCC(C)C. The zero-order valence-corrected chi connectivity index (χ0v) is 9.44. The molecule has 0 aromatic carbocycles. The Morgan fingerprint density at radius 3 is 2.46 bits per heavy atom. The number of nitrogens with one attached hydrogen (secondary N) is 1. The molecule has 0 heterocycles. The number of ether oxygens (including phenoxy) is 1. The van der Waals surface area contributed by atoms with Crippen LogP contribution in [0.1, 0.15) is 40.0 Å². The van der Waals surface area contributed by atoms with Gasteiger partial charge in [-0.15, -0.1) is 0 Å². The summed E-state index contributed by atoms with van der Waals surface area (Å²) in [6, 6.07) is 0. The summed E-state index contributed by atoms with van der Waals surface area (Å²) >= 11 is 0. The van der Waals surface area contributed by atoms with Gasteiger partial charge in [-0.3, -0.25) is 0 Å². The van der Waals surface area contributed by atoms with Crippen molar-refractivity contribution in [3.63, 3.8) is 0 Å². The van der Waals surface area contributed by atoms with Gasteiger partial charge in [0.2, 0.25) is 0 Å². The molecule has 0 rings (SSSR count). The van der Waals surface area contributed by atoms with Crippen molar-refractivity contribution in [2.24, 2.45) is 5.92 Å². The molecule has 0 saturated heterocycles. The van der Waals surface area contributed by atoms with Crippen molar-refractivity contribution in [1.82, 2.24) is 5.32 Å². The van der Waals surface area contributed by atoms with Crippen molar-refractivity contribution in [1.29, 1.82) is 0 Å². The van der Waals surface area contributed by atoms with Crippen LogP contribution in [0.25, 0.3) is 0 Å². The second-order valence-electron chi connectivity index (χ2n) is 3.93. The molecule has 0 saturated carbocycles. The van der Waals surface area contributed by atoms with Crippen molar-refractivity contribution in [3.05, 3.63) is 0 Å². The predicted octanol–water partition coefficient (Wildman–Crippen LogP) is 2.44. The van der Waals surface area contributed by atoms with Crippen molar-refractivity contribution >= 4 is 0 Å². The molecule has 0 aliphatic carbocycles. The fourth-order valence-corrected chi connectivity index (χ4v) is 1.05. The van der Waals surface area contributed by atoms with Crippen LogP contribution < -0.4 is 5.32 Å². The summed E-state index contributed by atoms with van der Waals surface area (Å²) in [7, 11) is 0. The van der Waals surface area contributed by atoms with Gasteiger partial charge >= 0.3 is 0 Å². The number of unbranched alkanes of at least 4 members (excludes halogenated alkanes) is 1. The van der Waals surface area contributed by atoms with Gasteiger partial charge in [0, 0.05) is 13.2 Å². The predicted molar refractivity (Wildman–Crippen MR) is 58.1 cm³/mol. The van der Waals surface area contributed by atoms with E-state index in [1.54, 1.807) is 0 Å². The normalized spacial score (nSPS) is 11.1. The lowest BCUT2D eigenvalue weighted by molar-refractivity contribution is 0.108. The second-order valence-corrected chi connectivity index (χ2v) is 3.93. The van der Waals surface area contributed by atoms with Crippen LogP contribution in [-0.2, 0) is 4.74 Å². The highest BCUT2D eigenvalue weighted by Crippen LogP contribution is 1.92. The lowest BCUT2D eigenvalue weighted by Crippen LogP contribution is -2.18. The molecule has 0 amide bonds. The van der Waals surface area contributed by atoms with Gasteiger partial charge in [0.25, 0.3) is 0 Å². The Kier molecular flexibility index (Phi) is 9.94. The van der Waals surface area contributed by atoms with Gasteiger partial charge < -0.3 is 10.1 Å². The zero-order chi connectivity index (χ0) is 9.94. The van der Waals surface area contributed by atoms with Crippen LogP contribution in [0.2, 0.25) is 0 Å². The molecular weight excluding hydrogens is 162 g/mol. The Morgan fingerprint density at radius 1 is 1.15 bits per heavy atom. The van der Waals surface area contributed by atoms with Crippen LogP contribution in [0.3, 0.4) is 0 Å². The van der Waals surface area contributed by atoms with Crippen LogP contribution in [0, 0.1) is 5.92 Å². The number of hydrogen-bond acceptors (Lipinski definition) is 2. The van der Waals surface area contributed by atoms with E-state index in [1.807, 2.05) is 0 Å². The van der Waals surface area contributed by atoms with E-state index in [1.165, 1.54) is 12.8 Å². The third-order valence-electron chi connectivity index (χ3n) is 1.80. The van der Waals surface area contributed by atoms with Crippen LogP contribution in [0.15, 0.2) is 0 Å². The lowest BCUT2D eigenvalue weighted by Gasteiger charge is -2.07. The first kappa shape index (κ1) is 12.9. The molecule has 0 aromatic rings. The molecule has 0 radical (unpaired) electrons. The van der Waals surface area contributed by atoms with Gasteiger partial charge in [-0.25, -0.2) is 0 Å². The Balaban J connectivity index is 2.84. The first-order valence-corrected chi connectivity index (χ1v) is 5.55. The van der Waals surface area contributed by atoms with Gasteiger partial charge in [-0.05, 0) is 31.8 Å². The van der Waals surface area contributed by atoms with Crippen LogP contribution in [0.4, 0.5) is 0 Å². The highest BCUT2D eigenvalue weighted by molar-refractivity contribution is 4.47. The van der Waals surface area contributed by atoms with E-state index in [0.29, 0.717) is 5.92 Å². The lowest BCUT2D eigenvalue weighted by atomic mass is 10.2. The molecule has 2 nitrogen and oxygen atoms in total. The maximum absolute atomic E-state index is 5.46. The molecule has 0 aromatic heterocycles. The molecule has 0 atom stereocenters. The summed E-state index contributed by atoms with van der Waals surface area (Å²) in [6.07, 6.45) is 3.69. The molecule has 80 valence electrons. The number of rotatable bonds is 9. The summed E-state index contributed by atoms with van der Waals surface area (Å²) in [6.45, 7) is 10.6. The topological polar surface area (TPSA) is 21.3 Å². The molecule has 1 N–H and O–H groups in total. The first-order chi connectivity index (χ1) is 6.27. The summed E-state index contributed by atoms with van der Waals surface area (Å²) in [5.74, 6) is 0.660. The standard InChI is InChI=1S/C11H25NO/c1-4-5-7-12-8-6-9-13-10-11(2)3/h11-12H,4-10H2,1-3H3. The molecule has 0 unspecified atom stereocenters. The summed E-state index contributed by atoms with van der Waals surface area (Å²) in [5, 5.41) is 3.39. The fourth-order valence-electron chi connectivity index (χ4n) is 1.05. The first-order valence-electron chi connectivity index (χ1n) is 5.55. The van der Waals surface area contributed by atoms with Gasteiger partial charge in [0.15, 0.2) is 0 Å². The third kappa shape index (κ3) is 11.9. The molecule has 0 spiro atoms. The van der Waals surface area contributed by atoms with E-state index in [-0.39, 0.29) is 0 Å². The molecule has 0 bridgehead atoms. The molecule has 13 heavy (non-hydrogen) atoms. The van der Waals surface area contributed by atoms with E-state index in [0.717, 1.165) is 32.7 Å². The Hall–Kier alpha value is -0.0800. The summed E-state index contributed by atoms with van der Waals surface area (Å²) in [4.78, 5) is 0. The van der Waals surface area contributed by atoms with Gasteiger partial charge in [0.05, 0.1) is 0 Å². The van der Waals surface area contributed by atoms with E-state index in [4.69, 9.17) is 4.74 Å². The summed E-state index contributed by atoms with van der Waals surface area (Å²) < 4.78 is 5.46. The molecule has 0 aliphatic heterocycles. The molecule has 0 aliphatic rings. The highest BCUT2D eigenvalue weighted by Gasteiger charge is 1.93. The van der Waals surface area contributed by atoms with Crippen LogP contribution >= 0.6 is 0 Å². The minimum Gasteiger partial charge on any atom is -0.381 e. The average Bonchev–Trinajstić information content (AvgIpc) is 2.09. The van der Waals surface area contributed by atoms with E-state index < -0.39 is 0 Å². The summed E-state index contributed by atoms with van der Waals surface area (Å²) in [5.41, 5.74) is 0. The van der Waals surface area contributed by atoms with Crippen molar-refractivity contribution in [2.45, 2.75) is 40.0 Å². The zero-order valence-electron chi connectivity index (χ0n) is 9.44. The van der Waals surface area contributed by atoms with Crippen LogP contribution in [0.5, 0.6) is 0 Å². The second kappa shape index (κ2) is 10.0. The largest absolute Gasteiger partial charge is 0.381 e. The van der Waals surface area contributed by atoms with Crippen molar-refractivity contribution < 1.29 is 4.74 Å². The maximum Gasteiger partial charge on any atom is 0.0489 e. The van der Waals surface area contributed by atoms with Crippen molar-refractivity contribution in [2.75, 3.05) is 26.3 Å². The smallest absolute Gasteiger partial charge is 0.0489 e. The van der Waals surface area contributed by atoms with Crippen LogP contribution in [-0.4, -0.2) is 26.3 Å². The molecular formula is C11H25NO.